The normalized spacial score (nSPS) is 15.1. The number of hydrazone groups is 1. The van der Waals surface area contributed by atoms with Crippen LogP contribution in [0.4, 0.5) is 5.95 Å². The zero-order chi connectivity index (χ0) is 18.5. The number of allylic oxidation sites excluding steroid dienone is 1. The maximum Gasteiger partial charge on any atom is 0.332 e. The van der Waals surface area contributed by atoms with E-state index in [1.54, 1.807) is 12.1 Å². The van der Waals surface area contributed by atoms with E-state index >= 15 is 0 Å². The van der Waals surface area contributed by atoms with Crippen molar-refractivity contribution in [2.45, 2.75) is 34.2 Å². The van der Waals surface area contributed by atoms with Crippen molar-refractivity contribution in [2.24, 2.45) is 24.6 Å². The van der Waals surface area contributed by atoms with Gasteiger partial charge in [-0.3, -0.25) is 18.5 Å². The Labute approximate surface area is 145 Å². The van der Waals surface area contributed by atoms with Crippen molar-refractivity contribution in [2.75, 3.05) is 11.6 Å². The molecule has 134 valence electrons. The van der Waals surface area contributed by atoms with Crippen molar-refractivity contribution in [1.82, 2.24) is 18.7 Å². The molecule has 0 spiro atoms. The second-order valence-corrected chi connectivity index (χ2v) is 7.32. The highest BCUT2D eigenvalue weighted by molar-refractivity contribution is 5.93. The third-order valence-corrected chi connectivity index (χ3v) is 4.49. The van der Waals surface area contributed by atoms with Gasteiger partial charge in [-0.2, -0.15) is 10.1 Å². The van der Waals surface area contributed by atoms with E-state index in [9.17, 15) is 9.59 Å². The molecule has 0 radical (unpaired) electrons. The minimum atomic E-state index is -0.384. The number of hydrogen-bond donors (Lipinski definition) is 0. The van der Waals surface area contributed by atoms with Crippen molar-refractivity contribution >= 4 is 22.8 Å². The summed E-state index contributed by atoms with van der Waals surface area (Å²) >= 11 is 0. The molecule has 0 N–H and O–H groups in total. The summed E-state index contributed by atoms with van der Waals surface area (Å²) in [6.45, 7) is 9.26. The van der Waals surface area contributed by atoms with Crippen LogP contribution in [-0.4, -0.2) is 30.9 Å². The molecule has 8 heteroatoms. The number of aryl methyl sites for hydroxylation is 1. The van der Waals surface area contributed by atoms with E-state index in [1.807, 2.05) is 23.6 Å². The van der Waals surface area contributed by atoms with Crippen LogP contribution >= 0.6 is 0 Å². The van der Waals surface area contributed by atoms with E-state index in [2.05, 4.69) is 25.8 Å². The summed E-state index contributed by atoms with van der Waals surface area (Å²) in [6.07, 6.45) is 3.93. The minimum Gasteiger partial charge on any atom is -0.297 e. The van der Waals surface area contributed by atoms with Crippen LogP contribution in [0.1, 0.15) is 27.7 Å². The van der Waals surface area contributed by atoms with Crippen molar-refractivity contribution in [3.8, 4) is 0 Å². The minimum absolute atomic E-state index is 0.144. The van der Waals surface area contributed by atoms with Crippen LogP contribution in [0.25, 0.3) is 11.2 Å². The average molecular weight is 344 g/mol. The van der Waals surface area contributed by atoms with Crippen LogP contribution in [0, 0.1) is 5.41 Å². The predicted octanol–water partition coefficient (Wildman–Crippen LogP) is 1.23. The number of imidazole rings is 1. The van der Waals surface area contributed by atoms with Crippen LogP contribution in [-0.2, 0) is 20.6 Å². The highest BCUT2D eigenvalue weighted by atomic mass is 16.2. The fraction of sp³-hybridized carbons (Fsp3) is 0.529. The third-order valence-electron chi connectivity index (χ3n) is 4.49. The SMILES string of the molecule is C/C=C/CN1N=C(C(C)(C)C)Cn2c1nc1c2c(=O)n(C)c(=O)n1C. The van der Waals surface area contributed by atoms with Crippen molar-refractivity contribution in [3.63, 3.8) is 0 Å². The van der Waals surface area contributed by atoms with Crippen molar-refractivity contribution < 1.29 is 0 Å². The molecule has 0 aliphatic carbocycles. The molecule has 0 saturated carbocycles. The first-order chi connectivity index (χ1) is 11.7. The van der Waals surface area contributed by atoms with Gasteiger partial charge >= 0.3 is 5.69 Å². The highest BCUT2D eigenvalue weighted by Gasteiger charge is 2.31. The van der Waals surface area contributed by atoms with Crippen molar-refractivity contribution in [1.29, 1.82) is 0 Å². The van der Waals surface area contributed by atoms with Crippen LogP contribution in [0.2, 0.25) is 0 Å². The summed E-state index contributed by atoms with van der Waals surface area (Å²) in [5.41, 5.74) is 0.914. The summed E-state index contributed by atoms with van der Waals surface area (Å²) in [5, 5.41) is 6.54. The van der Waals surface area contributed by atoms with Crippen molar-refractivity contribution in [3.05, 3.63) is 33.0 Å². The topological polar surface area (TPSA) is 77.4 Å². The van der Waals surface area contributed by atoms with E-state index in [4.69, 9.17) is 5.10 Å². The van der Waals surface area contributed by atoms with Gasteiger partial charge < -0.3 is 0 Å². The largest absolute Gasteiger partial charge is 0.332 e. The Kier molecular flexibility index (Phi) is 3.93. The molecule has 25 heavy (non-hydrogen) atoms. The number of hydrogen-bond acceptors (Lipinski definition) is 5. The molecule has 3 rings (SSSR count). The summed E-state index contributed by atoms with van der Waals surface area (Å²) in [4.78, 5) is 29.5. The summed E-state index contributed by atoms with van der Waals surface area (Å²) in [7, 11) is 3.12. The van der Waals surface area contributed by atoms with Gasteiger partial charge in [-0.25, -0.2) is 9.80 Å². The van der Waals surface area contributed by atoms with E-state index in [1.165, 1.54) is 11.6 Å². The molecule has 0 atom stereocenters. The predicted molar refractivity (Wildman–Crippen MR) is 99.3 cm³/mol. The van der Waals surface area contributed by atoms with E-state index < -0.39 is 0 Å². The second-order valence-electron chi connectivity index (χ2n) is 7.32. The number of anilines is 1. The summed E-state index contributed by atoms with van der Waals surface area (Å²) in [5.74, 6) is 0.583. The molecule has 0 unspecified atom stereocenters. The Morgan fingerprint density at radius 1 is 1.16 bits per heavy atom. The van der Waals surface area contributed by atoms with Gasteiger partial charge in [0.05, 0.1) is 18.8 Å². The van der Waals surface area contributed by atoms with Crippen LogP contribution < -0.4 is 16.3 Å². The molecule has 0 aromatic carbocycles. The molecule has 3 heterocycles. The third kappa shape index (κ3) is 2.61. The lowest BCUT2D eigenvalue weighted by molar-refractivity contribution is 0.552. The lowest BCUT2D eigenvalue weighted by Crippen LogP contribution is -2.39. The number of aromatic nitrogens is 4. The van der Waals surface area contributed by atoms with Crippen LogP contribution in [0.15, 0.2) is 26.8 Å². The smallest absolute Gasteiger partial charge is 0.297 e. The molecule has 2 aromatic rings. The lowest BCUT2D eigenvalue weighted by Gasteiger charge is -2.30. The molecule has 2 aromatic heterocycles. The fourth-order valence-electron chi connectivity index (χ4n) is 2.87. The lowest BCUT2D eigenvalue weighted by atomic mass is 9.89. The zero-order valence-corrected chi connectivity index (χ0v) is 15.6. The van der Waals surface area contributed by atoms with Gasteiger partial charge in [0.1, 0.15) is 0 Å². The van der Waals surface area contributed by atoms with Gasteiger partial charge in [-0.15, -0.1) is 0 Å². The van der Waals surface area contributed by atoms with Gasteiger partial charge in [-0.1, -0.05) is 32.9 Å². The first-order valence-corrected chi connectivity index (χ1v) is 8.29. The first-order valence-electron chi connectivity index (χ1n) is 8.29. The zero-order valence-electron chi connectivity index (χ0n) is 15.6. The van der Waals surface area contributed by atoms with Crippen LogP contribution in [0.3, 0.4) is 0 Å². The first kappa shape index (κ1) is 17.2. The van der Waals surface area contributed by atoms with Gasteiger partial charge in [-0.05, 0) is 6.92 Å². The fourth-order valence-corrected chi connectivity index (χ4v) is 2.87. The summed E-state index contributed by atoms with van der Waals surface area (Å²) in [6, 6.07) is 0. The quantitative estimate of drug-likeness (QED) is 0.768. The highest BCUT2D eigenvalue weighted by Crippen LogP contribution is 2.28. The second kappa shape index (κ2) is 5.72. The van der Waals surface area contributed by atoms with E-state index in [-0.39, 0.29) is 16.7 Å². The maximum absolute atomic E-state index is 12.7. The molecular weight excluding hydrogens is 320 g/mol. The molecule has 1 aliphatic rings. The number of fused-ring (bicyclic) bond motifs is 3. The van der Waals surface area contributed by atoms with Crippen LogP contribution in [0.5, 0.6) is 0 Å². The van der Waals surface area contributed by atoms with Gasteiger partial charge in [0.15, 0.2) is 11.2 Å². The summed E-state index contributed by atoms with van der Waals surface area (Å²) < 4.78 is 4.40. The molecule has 0 saturated heterocycles. The molecule has 0 fully saturated rings. The van der Waals surface area contributed by atoms with Gasteiger partial charge in [0.2, 0.25) is 5.95 Å². The monoisotopic (exact) mass is 344 g/mol. The van der Waals surface area contributed by atoms with E-state index in [0.717, 1.165) is 10.3 Å². The Morgan fingerprint density at radius 2 is 1.84 bits per heavy atom. The number of nitrogens with zero attached hydrogens (tertiary/aromatic N) is 6. The molecular formula is C17H24N6O2. The molecule has 8 nitrogen and oxygen atoms in total. The number of rotatable bonds is 2. The molecule has 0 amide bonds. The average Bonchev–Trinajstić information content (AvgIpc) is 2.94. The molecule has 1 aliphatic heterocycles. The maximum atomic E-state index is 12.7. The van der Waals surface area contributed by atoms with Gasteiger partial charge in [0, 0.05) is 19.5 Å². The Morgan fingerprint density at radius 3 is 2.44 bits per heavy atom. The van der Waals surface area contributed by atoms with E-state index in [0.29, 0.717) is 30.2 Å². The Hall–Kier alpha value is -2.64. The molecule has 0 bridgehead atoms. The van der Waals surface area contributed by atoms with Gasteiger partial charge in [0.25, 0.3) is 5.56 Å². The standard InChI is InChI=1S/C17H24N6O2/c1-7-8-9-23-15-18-13-12(14(24)21(6)16(25)20(13)5)22(15)10-11(19-23)17(2,3)4/h7-8H,9-10H2,1-6H3/b8-7+. The Bertz CT molecular complexity index is 1010. The Balaban J connectivity index is 2.34.